The van der Waals surface area contributed by atoms with Gasteiger partial charge < -0.3 is 5.11 Å². The number of azo groups is 1. The van der Waals surface area contributed by atoms with Gasteiger partial charge in [0.1, 0.15) is 0 Å². The lowest BCUT2D eigenvalue weighted by Gasteiger charge is -2.31. The van der Waals surface area contributed by atoms with Crippen molar-refractivity contribution in [2.45, 2.75) is 50.8 Å². The van der Waals surface area contributed by atoms with Gasteiger partial charge in [0.15, 0.2) is 0 Å². The number of hydrogen-bond donors (Lipinski definition) is 2. The minimum absolute atomic E-state index is 0.154. The molecule has 0 bridgehead atoms. The highest BCUT2D eigenvalue weighted by Gasteiger charge is 2.30. The van der Waals surface area contributed by atoms with E-state index >= 15 is 0 Å². The Kier molecular flexibility index (Phi) is 8.58. The van der Waals surface area contributed by atoms with Gasteiger partial charge in [-0.3, -0.25) is 14.5 Å². The van der Waals surface area contributed by atoms with Crippen LogP contribution in [0, 0.1) is 5.92 Å². The standard InChI is InChI=1S/C26H34N4O3/c31-26(32)19-30-14-11-21(12-15-30)16-24-17-25(29-33-24)23-8-6-22(7-9-23)18-28-27-13-10-20-4-2-1-3-5-20/h1-9,21,24-25,29H,10-19H2,(H,31,32). The fraction of sp³-hybridized carbons (Fsp3) is 0.500. The van der Waals surface area contributed by atoms with E-state index in [1.54, 1.807) is 0 Å². The molecular weight excluding hydrogens is 416 g/mol. The Balaban J connectivity index is 1.16. The highest BCUT2D eigenvalue weighted by atomic mass is 16.7. The van der Waals surface area contributed by atoms with Gasteiger partial charge in [0.2, 0.25) is 0 Å². The highest BCUT2D eigenvalue weighted by molar-refractivity contribution is 5.69. The van der Waals surface area contributed by atoms with Crippen LogP contribution in [-0.2, 0) is 22.6 Å². The van der Waals surface area contributed by atoms with Gasteiger partial charge in [0, 0.05) is 0 Å². The number of nitrogens with zero attached hydrogens (tertiary/aromatic N) is 3. The second-order valence-corrected chi connectivity index (χ2v) is 9.14. The number of carbonyl (C=O) groups is 1. The van der Waals surface area contributed by atoms with Crippen LogP contribution in [0.2, 0.25) is 0 Å². The average Bonchev–Trinajstić information content (AvgIpc) is 3.29. The fourth-order valence-corrected chi connectivity index (χ4v) is 4.71. The first-order valence-electron chi connectivity index (χ1n) is 12.0. The van der Waals surface area contributed by atoms with Gasteiger partial charge >= 0.3 is 5.97 Å². The molecule has 0 saturated carbocycles. The number of nitrogens with one attached hydrogen (secondary N) is 1. The van der Waals surface area contributed by atoms with Crippen molar-refractivity contribution >= 4 is 5.97 Å². The molecule has 2 heterocycles. The van der Waals surface area contributed by atoms with E-state index in [2.05, 4.69) is 52.1 Å². The summed E-state index contributed by atoms with van der Waals surface area (Å²) in [5.41, 5.74) is 6.89. The summed E-state index contributed by atoms with van der Waals surface area (Å²) < 4.78 is 0. The number of hydrogen-bond acceptors (Lipinski definition) is 6. The first kappa shape index (κ1) is 23.5. The molecule has 4 rings (SSSR count). The van der Waals surface area contributed by atoms with E-state index < -0.39 is 5.97 Å². The first-order valence-corrected chi connectivity index (χ1v) is 12.0. The van der Waals surface area contributed by atoms with Crippen LogP contribution in [0.5, 0.6) is 0 Å². The first-order chi connectivity index (χ1) is 16.2. The van der Waals surface area contributed by atoms with E-state index in [9.17, 15) is 4.79 Å². The zero-order chi connectivity index (χ0) is 22.9. The Hall–Kier alpha value is -2.61. The van der Waals surface area contributed by atoms with Gasteiger partial charge in [-0.15, -0.1) is 0 Å². The molecule has 2 atom stereocenters. The van der Waals surface area contributed by atoms with Crippen LogP contribution in [-0.4, -0.2) is 48.3 Å². The summed E-state index contributed by atoms with van der Waals surface area (Å²) in [5.74, 6) is -0.132. The molecule has 2 aliphatic heterocycles. The van der Waals surface area contributed by atoms with Crippen molar-refractivity contribution < 1.29 is 14.7 Å². The largest absolute Gasteiger partial charge is 0.480 e. The molecule has 0 spiro atoms. The van der Waals surface area contributed by atoms with Gasteiger partial charge in [-0.1, -0.05) is 54.6 Å². The van der Waals surface area contributed by atoms with Gasteiger partial charge in [-0.2, -0.15) is 15.7 Å². The van der Waals surface area contributed by atoms with Crippen molar-refractivity contribution in [2.75, 3.05) is 26.2 Å². The summed E-state index contributed by atoms with van der Waals surface area (Å²) in [6.07, 6.45) is 5.22. The molecule has 0 aromatic heterocycles. The minimum Gasteiger partial charge on any atom is -0.480 e. The summed E-state index contributed by atoms with van der Waals surface area (Å²) >= 11 is 0. The number of piperidine rings is 1. The summed E-state index contributed by atoms with van der Waals surface area (Å²) in [6.45, 7) is 3.21. The SMILES string of the molecule is O=C(O)CN1CCC(CC2CC(c3ccc(CN=NCCc4ccccc4)cc3)NO2)CC1. The monoisotopic (exact) mass is 450 g/mol. The number of carboxylic acids is 1. The molecule has 2 aliphatic rings. The number of carboxylic acid groups (broad SMARTS) is 1. The van der Waals surface area contributed by atoms with E-state index in [-0.39, 0.29) is 18.7 Å². The van der Waals surface area contributed by atoms with Crippen molar-refractivity contribution in [3.8, 4) is 0 Å². The van der Waals surface area contributed by atoms with Crippen LogP contribution < -0.4 is 5.48 Å². The molecule has 2 fully saturated rings. The van der Waals surface area contributed by atoms with E-state index in [0.29, 0.717) is 19.0 Å². The predicted molar refractivity (Wildman–Crippen MR) is 127 cm³/mol. The Morgan fingerprint density at radius 1 is 1.03 bits per heavy atom. The van der Waals surface area contributed by atoms with Crippen LogP contribution in [0.4, 0.5) is 0 Å². The number of aliphatic carboxylic acids is 1. The molecule has 2 unspecified atom stereocenters. The van der Waals surface area contributed by atoms with Crippen LogP contribution in [0.1, 0.15) is 48.4 Å². The highest BCUT2D eigenvalue weighted by Crippen LogP contribution is 2.31. The Morgan fingerprint density at radius 2 is 1.79 bits per heavy atom. The lowest BCUT2D eigenvalue weighted by atomic mass is 9.89. The van der Waals surface area contributed by atoms with Crippen LogP contribution in [0.15, 0.2) is 64.8 Å². The average molecular weight is 451 g/mol. The van der Waals surface area contributed by atoms with Crippen molar-refractivity contribution in [1.82, 2.24) is 10.4 Å². The molecule has 2 aromatic carbocycles. The third kappa shape index (κ3) is 7.45. The Labute approximate surface area is 195 Å². The zero-order valence-electron chi connectivity index (χ0n) is 19.1. The number of benzene rings is 2. The molecule has 2 saturated heterocycles. The lowest BCUT2D eigenvalue weighted by Crippen LogP contribution is -2.38. The number of likely N-dealkylation sites (tertiary alicyclic amines) is 1. The maximum Gasteiger partial charge on any atom is 0.317 e. The quantitative estimate of drug-likeness (QED) is 0.524. The second-order valence-electron chi connectivity index (χ2n) is 9.14. The summed E-state index contributed by atoms with van der Waals surface area (Å²) in [6, 6.07) is 19.1. The van der Waals surface area contributed by atoms with Crippen LogP contribution >= 0.6 is 0 Å². The molecule has 2 N–H and O–H groups in total. The maximum atomic E-state index is 10.9. The Bertz CT molecular complexity index is 896. The van der Waals surface area contributed by atoms with E-state index in [4.69, 9.17) is 9.94 Å². The smallest absolute Gasteiger partial charge is 0.317 e. The van der Waals surface area contributed by atoms with Gasteiger partial charge in [-0.05, 0) is 67.8 Å². The van der Waals surface area contributed by atoms with Crippen molar-refractivity contribution in [2.24, 2.45) is 16.1 Å². The molecule has 0 radical (unpaired) electrons. The Morgan fingerprint density at radius 3 is 2.52 bits per heavy atom. The van der Waals surface area contributed by atoms with E-state index in [0.717, 1.165) is 50.8 Å². The molecule has 0 aliphatic carbocycles. The summed E-state index contributed by atoms with van der Waals surface area (Å²) in [5, 5.41) is 17.6. The van der Waals surface area contributed by atoms with Crippen LogP contribution in [0.25, 0.3) is 0 Å². The van der Waals surface area contributed by atoms with Crippen LogP contribution in [0.3, 0.4) is 0 Å². The second kappa shape index (κ2) is 12.0. The third-order valence-electron chi connectivity index (χ3n) is 6.62. The van der Waals surface area contributed by atoms with Crippen molar-refractivity contribution in [3.63, 3.8) is 0 Å². The van der Waals surface area contributed by atoms with Gasteiger partial charge in [-0.25, -0.2) is 0 Å². The summed E-state index contributed by atoms with van der Waals surface area (Å²) in [7, 11) is 0. The van der Waals surface area contributed by atoms with Gasteiger partial charge in [0.25, 0.3) is 0 Å². The normalized spacial score (nSPS) is 22.2. The topological polar surface area (TPSA) is 86.5 Å². The molecule has 0 amide bonds. The predicted octanol–water partition coefficient (Wildman–Crippen LogP) is 4.40. The zero-order valence-corrected chi connectivity index (χ0v) is 19.1. The van der Waals surface area contributed by atoms with Crippen molar-refractivity contribution in [3.05, 3.63) is 71.3 Å². The molecule has 2 aromatic rings. The minimum atomic E-state index is -0.739. The molecule has 7 nitrogen and oxygen atoms in total. The van der Waals surface area contributed by atoms with Gasteiger partial charge in [0.05, 0.1) is 31.8 Å². The van der Waals surface area contributed by atoms with Crippen molar-refractivity contribution in [1.29, 1.82) is 0 Å². The fourth-order valence-electron chi connectivity index (χ4n) is 4.71. The number of hydroxylamine groups is 1. The maximum absolute atomic E-state index is 10.9. The molecule has 7 heteroatoms. The lowest BCUT2D eigenvalue weighted by molar-refractivity contribution is -0.138. The van der Waals surface area contributed by atoms with E-state index in [1.807, 2.05) is 23.1 Å². The molecular formula is C26H34N4O3. The van der Waals surface area contributed by atoms with E-state index in [1.165, 1.54) is 11.1 Å². The molecule has 33 heavy (non-hydrogen) atoms. The molecule has 176 valence electrons. The number of rotatable bonds is 10. The summed E-state index contributed by atoms with van der Waals surface area (Å²) in [4.78, 5) is 18.8. The third-order valence-corrected chi connectivity index (χ3v) is 6.62.